The second-order valence-electron chi connectivity index (χ2n) is 10.2. The number of unbranched alkanes of at least 4 members (excludes halogenated alkanes) is 2. The number of rotatable bonds is 15. The first-order valence-corrected chi connectivity index (χ1v) is 14.5. The number of aromatic amines is 1. The molecule has 7 nitrogen and oxygen atoms in total. The van der Waals surface area contributed by atoms with Crippen LogP contribution in [0.5, 0.6) is 0 Å². The number of aromatic nitrogens is 1. The number of aliphatic hydroxyl groups excluding tert-OH is 1. The van der Waals surface area contributed by atoms with E-state index >= 15 is 0 Å². The number of hydrogen-bond acceptors (Lipinski definition) is 5. The Hall–Kier alpha value is -3.23. The number of hydrogen-bond donors (Lipinski definition) is 3. The lowest BCUT2D eigenvalue weighted by molar-refractivity contribution is -0.300. The molecule has 8 heteroatoms. The molecule has 0 aliphatic rings. The standard InChI is InChI=1S/C30H38N2O5S/c1-29(25(21-33)27(31)34,23-13-5-3-6-14-23)17-9-11-19-38(36)20-12-10-18-30(2,24-15-7-4-8-16-24)26-22-37-32-28(26)35/h3-8,13-16,21-22,33H,9-12,17-20H2,1-2H3,(H2,31,34)(H,32,35)/p+1/b25-21+. The van der Waals surface area contributed by atoms with E-state index in [0.717, 1.165) is 49.5 Å². The molecule has 3 rings (SSSR count). The minimum Gasteiger partial charge on any atom is -0.515 e. The molecule has 204 valence electrons. The minimum absolute atomic E-state index is 0.220. The summed E-state index contributed by atoms with van der Waals surface area (Å²) in [6.07, 6.45) is 6.88. The fourth-order valence-corrected chi connectivity index (χ4v) is 6.48. The van der Waals surface area contributed by atoms with Gasteiger partial charge in [-0.3, -0.25) is 14.7 Å². The van der Waals surface area contributed by atoms with Crippen molar-refractivity contribution in [3.05, 3.63) is 106 Å². The second-order valence-corrected chi connectivity index (χ2v) is 11.9. The van der Waals surface area contributed by atoms with Crippen LogP contribution in [-0.4, -0.2) is 31.9 Å². The molecule has 0 fully saturated rings. The summed E-state index contributed by atoms with van der Waals surface area (Å²) in [6.45, 7) is 3.99. The summed E-state index contributed by atoms with van der Waals surface area (Å²) in [5.41, 5.74) is 5.01. The highest BCUT2D eigenvalue weighted by Crippen LogP contribution is 2.37. The molecule has 2 aromatic carbocycles. The smallest absolute Gasteiger partial charge is 0.340 e. The van der Waals surface area contributed by atoms with Gasteiger partial charge in [0.2, 0.25) is 0 Å². The van der Waals surface area contributed by atoms with Crippen molar-refractivity contribution in [2.24, 2.45) is 0 Å². The lowest BCUT2D eigenvalue weighted by atomic mass is 9.72. The molecule has 0 aliphatic carbocycles. The maximum Gasteiger partial charge on any atom is 0.340 e. The maximum atomic E-state index is 12.7. The first-order chi connectivity index (χ1) is 18.2. The normalized spacial score (nSPS) is 15.9. The lowest BCUT2D eigenvalue weighted by Crippen LogP contribution is -2.60. The van der Waals surface area contributed by atoms with Crippen molar-refractivity contribution in [2.45, 2.75) is 63.2 Å². The van der Waals surface area contributed by atoms with Crippen LogP contribution >= 0.6 is 0 Å². The zero-order valence-corrected chi connectivity index (χ0v) is 23.1. The summed E-state index contributed by atoms with van der Waals surface area (Å²) in [5.74, 6) is 0.780. The van der Waals surface area contributed by atoms with Gasteiger partial charge in [-0.25, -0.2) is 4.79 Å². The van der Waals surface area contributed by atoms with Gasteiger partial charge in [0.1, 0.15) is 11.8 Å². The predicted molar refractivity (Wildman–Crippen MR) is 150 cm³/mol. The Morgan fingerprint density at radius 2 is 1.50 bits per heavy atom. The summed E-state index contributed by atoms with van der Waals surface area (Å²) >= 11 is 0. The Balaban J connectivity index is 1.51. The highest BCUT2D eigenvalue weighted by atomic mass is 32.2. The molecule has 3 unspecified atom stereocenters. The zero-order chi connectivity index (χ0) is 27.6. The zero-order valence-electron chi connectivity index (χ0n) is 22.3. The maximum absolute atomic E-state index is 12.7. The SMILES string of the molecule is CC(CCCCS(=O)CCCCC(C)(c1ccccc1)c1co[nH]c1=O)(/C(=C/O)C([NH3+])=O)c1ccccc1. The molecule has 1 amide bonds. The van der Waals surface area contributed by atoms with E-state index in [2.05, 4.69) is 17.8 Å². The summed E-state index contributed by atoms with van der Waals surface area (Å²) in [6, 6.07) is 19.6. The first-order valence-electron chi connectivity index (χ1n) is 13.1. The van der Waals surface area contributed by atoms with Gasteiger partial charge < -0.3 is 9.63 Å². The van der Waals surface area contributed by atoms with Crippen LogP contribution in [-0.2, 0) is 26.4 Å². The average Bonchev–Trinajstić information content (AvgIpc) is 3.36. The van der Waals surface area contributed by atoms with Gasteiger partial charge in [-0.1, -0.05) is 87.4 Å². The van der Waals surface area contributed by atoms with Gasteiger partial charge in [-0.05, 0) is 36.8 Å². The molecule has 1 heterocycles. The Morgan fingerprint density at radius 3 is 2.00 bits per heavy atom. The number of quaternary nitrogens is 1. The molecule has 0 aliphatic heterocycles. The molecule has 0 radical (unpaired) electrons. The fraction of sp³-hybridized carbons (Fsp3) is 0.400. The molecule has 3 atom stereocenters. The van der Waals surface area contributed by atoms with E-state index in [1.54, 1.807) is 0 Å². The molecule has 3 aromatic rings. The number of nitrogens with one attached hydrogen (secondary N) is 1. The van der Waals surface area contributed by atoms with E-state index < -0.39 is 27.5 Å². The molecule has 1 aromatic heterocycles. The molecular formula is C30H39N2O5S+. The van der Waals surface area contributed by atoms with Crippen LogP contribution in [0.15, 0.2) is 88.1 Å². The van der Waals surface area contributed by atoms with E-state index in [4.69, 9.17) is 4.52 Å². The monoisotopic (exact) mass is 539 g/mol. The summed E-state index contributed by atoms with van der Waals surface area (Å²) < 4.78 is 17.8. The highest BCUT2D eigenvalue weighted by Gasteiger charge is 2.36. The highest BCUT2D eigenvalue weighted by molar-refractivity contribution is 7.84. The van der Waals surface area contributed by atoms with Gasteiger partial charge in [0.15, 0.2) is 0 Å². The van der Waals surface area contributed by atoms with Gasteiger partial charge in [0.25, 0.3) is 5.56 Å². The van der Waals surface area contributed by atoms with Crippen LogP contribution in [0.2, 0.25) is 0 Å². The Bertz CT molecular complexity index is 1280. The Morgan fingerprint density at radius 1 is 0.947 bits per heavy atom. The van der Waals surface area contributed by atoms with Crippen molar-refractivity contribution >= 4 is 16.7 Å². The number of H-pyrrole nitrogens is 1. The predicted octanol–water partition coefficient (Wildman–Crippen LogP) is 4.53. The molecule has 0 spiro atoms. The topological polar surface area (TPSA) is 128 Å². The number of amides is 1. The number of carbonyl (C=O) groups excluding carboxylic acids is 1. The average molecular weight is 540 g/mol. The van der Waals surface area contributed by atoms with Crippen molar-refractivity contribution in [3.8, 4) is 0 Å². The molecule has 0 bridgehead atoms. The quantitative estimate of drug-likeness (QED) is 0.148. The first kappa shape index (κ1) is 29.3. The van der Waals surface area contributed by atoms with Gasteiger partial charge in [-0.2, -0.15) is 5.16 Å². The van der Waals surface area contributed by atoms with Crippen molar-refractivity contribution in [2.75, 3.05) is 11.5 Å². The number of aliphatic hydroxyl groups is 1. The van der Waals surface area contributed by atoms with Gasteiger partial charge in [0, 0.05) is 33.1 Å². The van der Waals surface area contributed by atoms with Crippen LogP contribution in [0.1, 0.15) is 69.1 Å². The molecule has 38 heavy (non-hydrogen) atoms. The van der Waals surface area contributed by atoms with Crippen LogP contribution in [0, 0.1) is 0 Å². The van der Waals surface area contributed by atoms with Crippen LogP contribution < -0.4 is 11.3 Å². The van der Waals surface area contributed by atoms with Gasteiger partial charge in [0.05, 0.1) is 11.8 Å². The van der Waals surface area contributed by atoms with Gasteiger partial charge in [-0.15, -0.1) is 0 Å². The lowest BCUT2D eigenvalue weighted by Gasteiger charge is -2.30. The minimum atomic E-state index is -0.958. The van der Waals surface area contributed by atoms with E-state index in [1.165, 1.54) is 6.26 Å². The molecule has 0 saturated carbocycles. The molecule has 0 saturated heterocycles. The largest absolute Gasteiger partial charge is 0.515 e. The molecular weight excluding hydrogens is 500 g/mol. The fourth-order valence-electron chi connectivity index (χ4n) is 5.22. The van der Waals surface area contributed by atoms with E-state index in [9.17, 15) is 18.9 Å². The molecule has 5 N–H and O–H groups in total. The third-order valence-corrected chi connectivity index (χ3v) is 9.10. The van der Waals surface area contributed by atoms with Crippen LogP contribution in [0.3, 0.4) is 0 Å². The van der Waals surface area contributed by atoms with Crippen molar-refractivity contribution in [3.63, 3.8) is 0 Å². The number of carbonyl (C=O) groups is 1. The van der Waals surface area contributed by atoms with Crippen LogP contribution in [0.4, 0.5) is 0 Å². The summed E-state index contributed by atoms with van der Waals surface area (Å²) in [4.78, 5) is 24.5. The van der Waals surface area contributed by atoms with E-state index in [1.807, 2.05) is 67.6 Å². The van der Waals surface area contributed by atoms with Crippen LogP contribution in [0.25, 0.3) is 0 Å². The summed E-state index contributed by atoms with van der Waals surface area (Å²) in [7, 11) is -0.958. The van der Waals surface area contributed by atoms with Gasteiger partial charge >= 0.3 is 5.91 Å². The summed E-state index contributed by atoms with van der Waals surface area (Å²) in [5, 5.41) is 12.2. The van der Waals surface area contributed by atoms with Crippen molar-refractivity contribution in [1.29, 1.82) is 0 Å². The third-order valence-electron chi connectivity index (χ3n) is 7.61. The van der Waals surface area contributed by atoms with Crippen molar-refractivity contribution in [1.82, 2.24) is 5.16 Å². The third kappa shape index (κ3) is 6.99. The number of benzene rings is 2. The Labute approximate surface area is 226 Å². The Kier molecular flexibility index (Phi) is 10.4. The van der Waals surface area contributed by atoms with Crippen molar-refractivity contribution < 1.29 is 24.4 Å². The van der Waals surface area contributed by atoms with E-state index in [-0.39, 0.29) is 11.1 Å². The second kappa shape index (κ2) is 13.5. The van der Waals surface area contributed by atoms with E-state index in [0.29, 0.717) is 23.5 Å².